The van der Waals surface area contributed by atoms with Crippen molar-refractivity contribution >= 4 is 53.2 Å². The Kier molecular flexibility index (Phi) is 8.35. The lowest BCUT2D eigenvalue weighted by Gasteiger charge is -2.15. The van der Waals surface area contributed by atoms with Gasteiger partial charge in [0.25, 0.3) is 0 Å². The van der Waals surface area contributed by atoms with E-state index in [1.54, 1.807) is 6.07 Å². The van der Waals surface area contributed by atoms with Crippen molar-refractivity contribution in [3.05, 3.63) is 45.6 Å². The minimum absolute atomic E-state index is 0.0633. The summed E-state index contributed by atoms with van der Waals surface area (Å²) in [5.41, 5.74) is -7.16. The van der Waals surface area contributed by atoms with Gasteiger partial charge in [0.15, 0.2) is 17.2 Å². The first-order chi connectivity index (χ1) is 17.7. The highest BCUT2D eigenvalue weighted by atomic mass is 35.5. The summed E-state index contributed by atoms with van der Waals surface area (Å²) in [7, 11) is 3.95. The molecule has 1 aromatic heterocycles. The molecule has 0 N–H and O–H groups in total. The fourth-order valence-electron chi connectivity index (χ4n) is 3.35. The average molecular weight is 600 g/mol. The summed E-state index contributed by atoms with van der Waals surface area (Å²) in [6, 6.07) is 5.30. The molecule has 3 rings (SSSR count). The van der Waals surface area contributed by atoms with Crippen LogP contribution in [0.5, 0.6) is 17.2 Å². The first kappa shape index (κ1) is 29.3. The zero-order chi connectivity index (χ0) is 28.6. The van der Waals surface area contributed by atoms with E-state index in [-0.39, 0.29) is 22.9 Å². The summed E-state index contributed by atoms with van der Waals surface area (Å²) in [4.78, 5) is -0.712. The van der Waals surface area contributed by atoms with Crippen LogP contribution in [0.2, 0.25) is 10.0 Å². The number of hydrogen-bond donors (Lipinski definition) is 0. The fourth-order valence-corrected chi connectivity index (χ4v) is 4.70. The molecule has 0 unspecified atom stereocenters. The number of nitriles is 1. The highest BCUT2D eigenvalue weighted by Crippen LogP contribution is 2.48. The maximum atomic E-state index is 13.5. The number of alkyl halides is 6. The van der Waals surface area contributed by atoms with Gasteiger partial charge in [-0.2, -0.15) is 31.6 Å². The monoisotopic (exact) mass is 599 g/mol. The van der Waals surface area contributed by atoms with Crippen LogP contribution in [-0.2, 0) is 6.18 Å². The second kappa shape index (κ2) is 10.8. The van der Waals surface area contributed by atoms with E-state index in [9.17, 15) is 31.6 Å². The fraction of sp³-hybridized carbons (Fsp3) is 0.227. The highest BCUT2D eigenvalue weighted by molar-refractivity contribution is 8.00. The van der Waals surface area contributed by atoms with E-state index in [0.717, 1.165) is 4.58 Å². The van der Waals surface area contributed by atoms with Gasteiger partial charge in [0.1, 0.15) is 16.7 Å². The molecule has 0 aliphatic carbocycles. The minimum Gasteiger partial charge on any atom is -0.493 e. The van der Waals surface area contributed by atoms with Crippen molar-refractivity contribution in [1.82, 2.24) is 14.4 Å². The van der Waals surface area contributed by atoms with Gasteiger partial charge < -0.3 is 14.2 Å². The van der Waals surface area contributed by atoms with Gasteiger partial charge in [-0.3, -0.25) is 0 Å². The highest BCUT2D eigenvalue weighted by Gasteiger charge is 2.41. The van der Waals surface area contributed by atoms with Gasteiger partial charge >= 0.3 is 17.5 Å². The molecule has 202 valence electrons. The molecule has 38 heavy (non-hydrogen) atoms. The Hall–Kier alpha value is -3.28. The van der Waals surface area contributed by atoms with E-state index >= 15 is 0 Å². The summed E-state index contributed by atoms with van der Waals surface area (Å²) < 4.78 is 97.8. The summed E-state index contributed by atoms with van der Waals surface area (Å²) in [6.07, 6.45) is -4.82. The van der Waals surface area contributed by atoms with Crippen molar-refractivity contribution in [1.29, 1.82) is 5.26 Å². The predicted octanol–water partition coefficient (Wildman–Crippen LogP) is 7.24. The number of thioether (sulfide) groups is 1. The minimum atomic E-state index is -4.89. The number of halogens is 8. The van der Waals surface area contributed by atoms with Crippen molar-refractivity contribution in [2.45, 2.75) is 16.6 Å². The predicted molar refractivity (Wildman–Crippen MR) is 130 cm³/mol. The van der Waals surface area contributed by atoms with Crippen LogP contribution in [0.4, 0.5) is 37.8 Å². The van der Waals surface area contributed by atoms with Crippen LogP contribution in [0, 0.1) is 11.3 Å². The molecule has 16 heteroatoms. The third-order valence-corrected chi connectivity index (χ3v) is 6.30. The number of hydrogen-bond acceptors (Lipinski definition) is 6. The molecule has 0 aliphatic heterocycles. The first-order valence-corrected chi connectivity index (χ1v) is 11.5. The number of benzene rings is 2. The van der Waals surface area contributed by atoms with E-state index in [1.807, 2.05) is 0 Å². The summed E-state index contributed by atoms with van der Waals surface area (Å²) >= 11 is 11.6. The Morgan fingerprint density at radius 3 is 1.89 bits per heavy atom. The number of ether oxygens (including phenoxy) is 3. The Morgan fingerprint density at radius 2 is 1.50 bits per heavy atom. The molecule has 0 bridgehead atoms. The second-order valence-electron chi connectivity index (χ2n) is 7.17. The summed E-state index contributed by atoms with van der Waals surface area (Å²) in [6.45, 7) is 3.79. The van der Waals surface area contributed by atoms with Crippen LogP contribution >= 0.6 is 35.0 Å². The van der Waals surface area contributed by atoms with Gasteiger partial charge in [-0.1, -0.05) is 33.0 Å². The standard InChI is InChI=1S/C22H15Cl2F6N4O3S/c1-33(11-7-15(35-2)18(37-4)16(8-11)36-3)20-19(38-22(28,29)30)14(9-31)32-34(20)17-12(23)5-10(6-13(17)24)21(25,26)27/h5-8H,1H2,2-4H3/q+1. The van der Waals surface area contributed by atoms with Gasteiger partial charge in [-0.05, 0) is 23.9 Å². The molecule has 0 aliphatic rings. The molecule has 1 heterocycles. The lowest BCUT2D eigenvalue weighted by molar-refractivity contribution is -0.137. The quantitative estimate of drug-likeness (QED) is 0.123. The van der Waals surface area contributed by atoms with Crippen LogP contribution in [0.15, 0.2) is 29.2 Å². The third-order valence-electron chi connectivity index (χ3n) is 4.92. The zero-order valence-electron chi connectivity index (χ0n) is 19.5. The number of methoxy groups -OCH3 is 3. The molecule has 0 fully saturated rings. The summed E-state index contributed by atoms with van der Waals surface area (Å²) in [5, 5.41) is 12.2. The van der Waals surface area contributed by atoms with Crippen molar-refractivity contribution < 1.29 is 40.6 Å². The molecule has 7 nitrogen and oxygen atoms in total. The van der Waals surface area contributed by atoms with Crippen LogP contribution in [0.1, 0.15) is 11.3 Å². The first-order valence-electron chi connectivity index (χ1n) is 9.92. The molecule has 0 atom stereocenters. The number of nitrogens with zero attached hydrogens (tertiary/aromatic N) is 4. The van der Waals surface area contributed by atoms with Crippen LogP contribution in [0.3, 0.4) is 0 Å². The molecule has 2 aromatic carbocycles. The molecule has 0 spiro atoms. The Labute approximate surface area is 225 Å². The van der Waals surface area contributed by atoms with Gasteiger partial charge in [0.2, 0.25) is 11.4 Å². The van der Waals surface area contributed by atoms with Crippen molar-refractivity contribution in [2.24, 2.45) is 0 Å². The topological polar surface area (TPSA) is 72.3 Å². The second-order valence-corrected chi connectivity index (χ2v) is 9.06. The SMILES string of the molecule is C=[N+](c1cc(OC)c(OC)c(OC)c1)c1c(SC(F)(F)F)c(C#N)nn1-c1c(Cl)cc(C(F)(F)F)cc1Cl. The van der Waals surface area contributed by atoms with Gasteiger partial charge in [-0.15, -0.1) is 0 Å². The van der Waals surface area contributed by atoms with E-state index in [0.29, 0.717) is 16.8 Å². The third kappa shape index (κ3) is 5.74. The molecular weight excluding hydrogens is 585 g/mol. The molecule has 3 aromatic rings. The van der Waals surface area contributed by atoms with Crippen LogP contribution in [-0.4, -0.2) is 43.3 Å². The van der Waals surface area contributed by atoms with Crippen molar-refractivity contribution in [3.63, 3.8) is 0 Å². The van der Waals surface area contributed by atoms with Gasteiger partial charge in [0, 0.05) is 12.1 Å². The summed E-state index contributed by atoms with van der Waals surface area (Å²) in [5.74, 6) is -0.103. The normalized spacial score (nSPS) is 11.7. The Morgan fingerprint density at radius 1 is 0.974 bits per heavy atom. The largest absolute Gasteiger partial charge is 0.493 e. The van der Waals surface area contributed by atoms with Gasteiger partial charge in [0.05, 0.1) is 43.7 Å². The van der Waals surface area contributed by atoms with E-state index in [1.165, 1.54) is 33.5 Å². The smallest absolute Gasteiger partial charge is 0.446 e. The molecular formula is C22H15Cl2F6N4O3S+. The number of aromatic nitrogens is 2. The number of rotatable bonds is 7. The van der Waals surface area contributed by atoms with Gasteiger partial charge in [-0.25, -0.2) is 4.58 Å². The van der Waals surface area contributed by atoms with E-state index in [2.05, 4.69) is 11.8 Å². The van der Waals surface area contributed by atoms with Crippen LogP contribution in [0.25, 0.3) is 5.69 Å². The maximum Gasteiger partial charge on any atom is 0.446 e. The Balaban J connectivity index is 2.39. The van der Waals surface area contributed by atoms with Crippen LogP contribution < -0.4 is 18.8 Å². The molecule has 0 saturated carbocycles. The van der Waals surface area contributed by atoms with E-state index in [4.69, 9.17) is 37.4 Å². The molecule has 0 radical (unpaired) electrons. The van der Waals surface area contributed by atoms with Crippen molar-refractivity contribution in [3.8, 4) is 29.0 Å². The molecule has 0 saturated heterocycles. The average Bonchev–Trinajstić information content (AvgIpc) is 3.17. The maximum absolute atomic E-state index is 13.5. The Bertz CT molecular complexity index is 1400. The van der Waals surface area contributed by atoms with Crippen molar-refractivity contribution in [2.75, 3.05) is 21.3 Å². The zero-order valence-corrected chi connectivity index (χ0v) is 21.8. The van der Waals surface area contributed by atoms with E-state index < -0.39 is 61.1 Å². The molecule has 0 amide bonds. The lowest BCUT2D eigenvalue weighted by Crippen LogP contribution is -2.12. The lowest BCUT2D eigenvalue weighted by atomic mass is 10.2.